The van der Waals surface area contributed by atoms with Crippen molar-refractivity contribution in [1.29, 1.82) is 0 Å². The predicted molar refractivity (Wildman–Crippen MR) is 105 cm³/mol. The van der Waals surface area contributed by atoms with E-state index < -0.39 is 24.4 Å². The van der Waals surface area contributed by atoms with Crippen molar-refractivity contribution < 1.29 is 19.1 Å². The van der Waals surface area contributed by atoms with Gasteiger partial charge in [0.2, 0.25) is 5.91 Å². The molecule has 0 saturated heterocycles. The lowest BCUT2D eigenvalue weighted by Crippen LogP contribution is -2.35. The summed E-state index contributed by atoms with van der Waals surface area (Å²) < 4.78 is 9.05. The second-order valence-corrected chi connectivity index (χ2v) is 6.72. The minimum absolute atomic E-state index is 0.261. The average molecular weight is 411 g/mol. The lowest BCUT2D eigenvalue weighted by atomic mass is 10.2. The van der Waals surface area contributed by atoms with E-state index in [2.05, 4.69) is 20.3 Å². The van der Waals surface area contributed by atoms with E-state index in [4.69, 9.17) is 16.3 Å². The number of ether oxygens (including phenoxy) is 1. The number of hydrogen-bond donors (Lipinski definition) is 3. The first-order valence-corrected chi connectivity index (χ1v) is 9.11. The van der Waals surface area contributed by atoms with E-state index in [-0.39, 0.29) is 6.54 Å². The molecule has 0 aliphatic heterocycles. The van der Waals surface area contributed by atoms with Gasteiger partial charge in [-0.3, -0.25) is 9.59 Å². The maximum absolute atomic E-state index is 12.1. The highest BCUT2D eigenvalue weighted by Gasteiger charge is 2.20. The summed E-state index contributed by atoms with van der Waals surface area (Å²) in [6.45, 7) is 2.69. The van der Waals surface area contributed by atoms with E-state index in [0.29, 0.717) is 27.0 Å². The number of carbonyl (C=O) groups is 3. The van der Waals surface area contributed by atoms with Crippen molar-refractivity contribution in [3.8, 4) is 0 Å². The summed E-state index contributed by atoms with van der Waals surface area (Å²) in [5.74, 6) is -1.66. The van der Waals surface area contributed by atoms with Gasteiger partial charge < -0.3 is 20.7 Å². The third kappa shape index (κ3) is 5.41. The molecule has 2 rings (SSSR count). The minimum atomic E-state index is -0.653. The van der Waals surface area contributed by atoms with Gasteiger partial charge in [-0.1, -0.05) is 17.7 Å². The molecule has 1 heterocycles. The van der Waals surface area contributed by atoms with Gasteiger partial charge in [0.25, 0.3) is 5.91 Å². The molecule has 144 valence electrons. The SMILES string of the molecule is CNc1snc(C)c1C(=O)OCC(=O)NCC(=O)Nc1cccc(Cl)c1C. The van der Waals surface area contributed by atoms with E-state index in [9.17, 15) is 14.4 Å². The van der Waals surface area contributed by atoms with Crippen LogP contribution in [0, 0.1) is 13.8 Å². The van der Waals surface area contributed by atoms with Crippen molar-refractivity contribution >= 4 is 51.6 Å². The number of aryl methyl sites for hydroxylation is 1. The molecule has 0 bridgehead atoms. The highest BCUT2D eigenvalue weighted by Crippen LogP contribution is 2.24. The Bertz CT molecular complexity index is 869. The first kappa shape index (κ1) is 20.7. The smallest absolute Gasteiger partial charge is 0.343 e. The highest BCUT2D eigenvalue weighted by molar-refractivity contribution is 7.10. The molecule has 0 spiro atoms. The first-order valence-electron chi connectivity index (χ1n) is 7.96. The molecule has 0 fully saturated rings. The molecule has 8 nitrogen and oxygen atoms in total. The average Bonchev–Trinajstić information content (AvgIpc) is 3.02. The fourth-order valence-electron chi connectivity index (χ4n) is 2.15. The third-order valence-electron chi connectivity index (χ3n) is 3.62. The Kier molecular flexibility index (Phi) is 7.14. The zero-order valence-electron chi connectivity index (χ0n) is 15.0. The Labute approximate surface area is 165 Å². The van der Waals surface area contributed by atoms with E-state index in [1.165, 1.54) is 0 Å². The molecule has 0 aliphatic rings. The van der Waals surface area contributed by atoms with Crippen molar-refractivity contribution in [2.24, 2.45) is 0 Å². The number of benzene rings is 1. The van der Waals surface area contributed by atoms with Gasteiger partial charge in [0.1, 0.15) is 10.6 Å². The Morgan fingerprint density at radius 1 is 1.22 bits per heavy atom. The largest absolute Gasteiger partial charge is 0.452 e. The standard InChI is InChI=1S/C17H19ClN4O4S/c1-9-11(18)5-4-6-12(9)21-13(23)7-20-14(24)8-26-17(25)15-10(2)22-27-16(15)19-3/h4-6,19H,7-8H2,1-3H3,(H,20,24)(H,21,23). The number of carbonyl (C=O) groups excluding carboxylic acids is 3. The fourth-order valence-corrected chi connectivity index (χ4v) is 3.06. The van der Waals surface area contributed by atoms with Crippen molar-refractivity contribution in [2.75, 3.05) is 30.8 Å². The number of halogens is 1. The summed E-state index contributed by atoms with van der Waals surface area (Å²) in [7, 11) is 1.66. The molecule has 2 amide bonds. The van der Waals surface area contributed by atoms with Crippen LogP contribution in [0.3, 0.4) is 0 Å². The topological polar surface area (TPSA) is 109 Å². The van der Waals surface area contributed by atoms with Gasteiger partial charge >= 0.3 is 5.97 Å². The zero-order valence-corrected chi connectivity index (χ0v) is 16.6. The van der Waals surface area contributed by atoms with Crippen molar-refractivity contribution in [3.05, 3.63) is 40.0 Å². The molecule has 0 radical (unpaired) electrons. The van der Waals surface area contributed by atoms with E-state index in [1.54, 1.807) is 39.1 Å². The van der Waals surface area contributed by atoms with Gasteiger partial charge in [-0.05, 0) is 43.1 Å². The number of hydrogen-bond acceptors (Lipinski definition) is 7. The van der Waals surface area contributed by atoms with E-state index in [1.807, 2.05) is 0 Å². The van der Waals surface area contributed by atoms with Gasteiger partial charge in [0, 0.05) is 17.8 Å². The molecule has 0 atom stereocenters. The van der Waals surface area contributed by atoms with Gasteiger partial charge in [-0.2, -0.15) is 4.37 Å². The summed E-state index contributed by atoms with van der Waals surface area (Å²) >= 11 is 7.12. The quantitative estimate of drug-likeness (QED) is 0.604. The van der Waals surface area contributed by atoms with Gasteiger partial charge in [-0.25, -0.2) is 4.79 Å². The lowest BCUT2D eigenvalue weighted by Gasteiger charge is -2.10. The van der Waals surface area contributed by atoms with Crippen molar-refractivity contribution in [3.63, 3.8) is 0 Å². The lowest BCUT2D eigenvalue weighted by molar-refractivity contribution is -0.126. The van der Waals surface area contributed by atoms with Crippen LogP contribution in [-0.2, 0) is 14.3 Å². The van der Waals surface area contributed by atoms with Crippen LogP contribution in [0.25, 0.3) is 0 Å². The maximum Gasteiger partial charge on any atom is 0.343 e. The molecule has 0 saturated carbocycles. The number of esters is 1. The van der Waals surface area contributed by atoms with Crippen LogP contribution in [0.4, 0.5) is 10.7 Å². The monoisotopic (exact) mass is 410 g/mol. The summed E-state index contributed by atoms with van der Waals surface area (Å²) in [5.41, 5.74) is 2.11. The van der Waals surface area contributed by atoms with Crippen LogP contribution in [0.1, 0.15) is 21.6 Å². The van der Waals surface area contributed by atoms with Crippen LogP contribution >= 0.6 is 23.1 Å². The second kappa shape index (κ2) is 9.33. The van der Waals surface area contributed by atoms with E-state index in [0.717, 1.165) is 17.1 Å². The molecular weight excluding hydrogens is 392 g/mol. The van der Waals surface area contributed by atoms with Crippen LogP contribution in [-0.4, -0.2) is 42.4 Å². The van der Waals surface area contributed by atoms with Crippen LogP contribution in [0.15, 0.2) is 18.2 Å². The number of nitrogens with one attached hydrogen (secondary N) is 3. The minimum Gasteiger partial charge on any atom is -0.452 e. The maximum atomic E-state index is 12.1. The molecule has 10 heteroatoms. The zero-order chi connectivity index (χ0) is 20.0. The molecule has 27 heavy (non-hydrogen) atoms. The predicted octanol–water partition coefficient (Wildman–Crippen LogP) is 2.37. The fraction of sp³-hybridized carbons (Fsp3) is 0.294. The molecule has 0 unspecified atom stereocenters. The number of anilines is 2. The van der Waals surface area contributed by atoms with Gasteiger partial charge in [-0.15, -0.1) is 0 Å². The van der Waals surface area contributed by atoms with Gasteiger partial charge in [0.05, 0.1) is 12.2 Å². The van der Waals surface area contributed by atoms with Gasteiger partial charge in [0.15, 0.2) is 6.61 Å². The second-order valence-electron chi connectivity index (χ2n) is 5.54. The summed E-state index contributed by atoms with van der Waals surface area (Å²) in [6.07, 6.45) is 0. The van der Waals surface area contributed by atoms with Crippen LogP contribution in [0.2, 0.25) is 5.02 Å². The normalized spacial score (nSPS) is 10.2. The highest BCUT2D eigenvalue weighted by atomic mass is 35.5. The number of nitrogens with zero attached hydrogens (tertiary/aromatic N) is 1. The molecule has 0 aliphatic carbocycles. The summed E-state index contributed by atoms with van der Waals surface area (Å²) in [6, 6.07) is 5.13. The first-order chi connectivity index (χ1) is 12.8. The van der Waals surface area contributed by atoms with Crippen molar-refractivity contribution in [2.45, 2.75) is 13.8 Å². The number of amides is 2. The molecular formula is C17H19ClN4O4S. The Morgan fingerprint density at radius 3 is 2.67 bits per heavy atom. The Hall–Kier alpha value is -2.65. The number of rotatable bonds is 7. The van der Waals surface area contributed by atoms with Crippen LogP contribution in [0.5, 0.6) is 0 Å². The Balaban J connectivity index is 1.80. The van der Waals surface area contributed by atoms with Crippen molar-refractivity contribution in [1.82, 2.24) is 9.69 Å². The number of aromatic nitrogens is 1. The van der Waals surface area contributed by atoms with E-state index >= 15 is 0 Å². The summed E-state index contributed by atoms with van der Waals surface area (Å²) in [5, 5.41) is 8.99. The molecule has 3 N–H and O–H groups in total. The molecule has 1 aromatic carbocycles. The third-order valence-corrected chi connectivity index (χ3v) is 4.98. The molecule has 1 aromatic heterocycles. The Morgan fingerprint density at radius 2 is 1.96 bits per heavy atom. The van der Waals surface area contributed by atoms with Crippen LogP contribution < -0.4 is 16.0 Å². The summed E-state index contributed by atoms with van der Waals surface area (Å²) in [4.78, 5) is 35.9. The molecule has 2 aromatic rings.